The van der Waals surface area contributed by atoms with E-state index in [2.05, 4.69) is 23.5 Å². The Hall–Kier alpha value is -1.67. The highest BCUT2D eigenvalue weighted by atomic mass is 32.3. The van der Waals surface area contributed by atoms with Gasteiger partial charge in [-0.2, -0.15) is 8.42 Å². The van der Waals surface area contributed by atoms with Gasteiger partial charge in [0.25, 0.3) is 0 Å². The molecule has 19 heavy (non-hydrogen) atoms. The molecule has 0 aliphatic rings. The van der Waals surface area contributed by atoms with Gasteiger partial charge in [-0.15, -0.1) is 0 Å². The van der Waals surface area contributed by atoms with Gasteiger partial charge < -0.3 is 11.1 Å². The van der Waals surface area contributed by atoms with Gasteiger partial charge in [-0.05, 0) is 18.4 Å². The molecule has 6 nitrogen and oxygen atoms in total. The van der Waals surface area contributed by atoms with E-state index in [1.54, 1.807) is 0 Å². The van der Waals surface area contributed by atoms with Crippen molar-refractivity contribution in [1.82, 2.24) is 0 Å². The molecule has 2 rings (SSSR count). The summed E-state index contributed by atoms with van der Waals surface area (Å²) < 4.78 is 31.6. The molecule has 5 N–H and O–H groups in total. The van der Waals surface area contributed by atoms with Crippen LogP contribution in [0.25, 0.3) is 10.8 Å². The standard InChI is InChI=1S/C12H14N2.H2O4S/c1-9(13)14-12-8-4-6-10-5-2-3-7-11(10)12;1-5(2,3)4/h2-9,14H,13H2,1H3;(H2,1,2,3,4). The molecule has 0 aliphatic heterocycles. The molecule has 0 saturated heterocycles. The van der Waals surface area contributed by atoms with Crippen molar-refractivity contribution in [2.45, 2.75) is 13.1 Å². The molecule has 1 atom stereocenters. The zero-order valence-corrected chi connectivity index (χ0v) is 11.1. The Bertz CT molecular complexity index is 628. The largest absolute Gasteiger partial charge is 0.394 e. The molecule has 0 bridgehead atoms. The highest BCUT2D eigenvalue weighted by Crippen LogP contribution is 2.22. The van der Waals surface area contributed by atoms with E-state index in [0.717, 1.165) is 5.69 Å². The summed E-state index contributed by atoms with van der Waals surface area (Å²) in [4.78, 5) is 0. The average molecular weight is 284 g/mol. The molecule has 0 saturated carbocycles. The summed E-state index contributed by atoms with van der Waals surface area (Å²) in [7, 11) is -4.67. The molecule has 7 heteroatoms. The Morgan fingerprint density at radius 2 is 1.63 bits per heavy atom. The summed E-state index contributed by atoms with van der Waals surface area (Å²) in [6.45, 7) is 1.93. The fraction of sp³-hybridized carbons (Fsp3) is 0.167. The Morgan fingerprint density at radius 1 is 1.11 bits per heavy atom. The van der Waals surface area contributed by atoms with Crippen LogP contribution in [-0.4, -0.2) is 23.7 Å². The third-order valence-electron chi connectivity index (χ3n) is 2.17. The van der Waals surface area contributed by atoms with Crippen molar-refractivity contribution in [2.24, 2.45) is 5.73 Å². The van der Waals surface area contributed by atoms with Gasteiger partial charge in [-0.25, -0.2) is 0 Å². The van der Waals surface area contributed by atoms with Crippen LogP contribution in [0.15, 0.2) is 42.5 Å². The number of nitrogens with two attached hydrogens (primary N) is 1. The Morgan fingerprint density at radius 3 is 2.21 bits per heavy atom. The summed E-state index contributed by atoms with van der Waals surface area (Å²) in [5.74, 6) is 0. The van der Waals surface area contributed by atoms with E-state index < -0.39 is 10.4 Å². The highest BCUT2D eigenvalue weighted by Gasteiger charge is 2.00. The second-order valence-electron chi connectivity index (χ2n) is 3.91. The molecule has 0 radical (unpaired) electrons. The molecule has 0 heterocycles. The van der Waals surface area contributed by atoms with Gasteiger partial charge in [0.1, 0.15) is 0 Å². The van der Waals surface area contributed by atoms with Crippen LogP contribution in [0.5, 0.6) is 0 Å². The van der Waals surface area contributed by atoms with E-state index in [9.17, 15) is 0 Å². The zero-order chi connectivity index (χ0) is 14.5. The van der Waals surface area contributed by atoms with Gasteiger partial charge in [0.15, 0.2) is 0 Å². The minimum absolute atomic E-state index is 0.0270. The number of fused-ring (bicyclic) bond motifs is 1. The van der Waals surface area contributed by atoms with Crippen LogP contribution in [0.3, 0.4) is 0 Å². The van der Waals surface area contributed by atoms with E-state index in [0.29, 0.717) is 0 Å². The second kappa shape index (κ2) is 6.48. The smallest absolute Gasteiger partial charge is 0.370 e. The second-order valence-corrected chi connectivity index (χ2v) is 4.80. The number of nitrogens with one attached hydrogen (secondary N) is 1. The van der Waals surface area contributed by atoms with Crippen molar-refractivity contribution >= 4 is 26.9 Å². The van der Waals surface area contributed by atoms with Crippen LogP contribution in [0.2, 0.25) is 0 Å². The monoisotopic (exact) mass is 284 g/mol. The number of anilines is 1. The third kappa shape index (κ3) is 6.16. The predicted molar refractivity (Wildman–Crippen MR) is 75.4 cm³/mol. The molecular weight excluding hydrogens is 268 g/mol. The summed E-state index contributed by atoms with van der Waals surface area (Å²) in [6, 6.07) is 14.5. The quantitative estimate of drug-likeness (QED) is 0.495. The minimum Gasteiger partial charge on any atom is -0.370 e. The SMILES string of the molecule is CC(N)Nc1cccc2ccccc12.O=S(=O)(O)O. The molecule has 2 aromatic rings. The van der Waals surface area contributed by atoms with E-state index in [4.69, 9.17) is 23.3 Å². The number of hydrogen-bond donors (Lipinski definition) is 4. The van der Waals surface area contributed by atoms with E-state index in [1.807, 2.05) is 31.2 Å². The van der Waals surface area contributed by atoms with Crippen LogP contribution in [0.4, 0.5) is 5.69 Å². The van der Waals surface area contributed by atoms with Crippen molar-refractivity contribution in [1.29, 1.82) is 0 Å². The van der Waals surface area contributed by atoms with E-state index in [-0.39, 0.29) is 6.17 Å². The molecule has 104 valence electrons. The van der Waals surface area contributed by atoms with Crippen LogP contribution >= 0.6 is 0 Å². The minimum atomic E-state index is -4.67. The van der Waals surface area contributed by atoms with Gasteiger partial charge in [0, 0.05) is 11.1 Å². The van der Waals surface area contributed by atoms with Crippen LogP contribution in [0.1, 0.15) is 6.92 Å². The maximum atomic E-state index is 8.74. The topological polar surface area (TPSA) is 113 Å². The lowest BCUT2D eigenvalue weighted by Gasteiger charge is -2.12. The van der Waals surface area contributed by atoms with Crippen molar-refractivity contribution in [3.05, 3.63) is 42.5 Å². The van der Waals surface area contributed by atoms with Crippen molar-refractivity contribution < 1.29 is 17.5 Å². The van der Waals surface area contributed by atoms with E-state index in [1.165, 1.54) is 10.8 Å². The third-order valence-corrected chi connectivity index (χ3v) is 2.17. The van der Waals surface area contributed by atoms with Crippen molar-refractivity contribution in [2.75, 3.05) is 5.32 Å². The van der Waals surface area contributed by atoms with E-state index >= 15 is 0 Å². The maximum Gasteiger partial charge on any atom is 0.394 e. The summed E-state index contributed by atoms with van der Waals surface area (Å²) >= 11 is 0. The Kier molecular flexibility index (Phi) is 5.25. The predicted octanol–water partition coefficient (Wildman–Crippen LogP) is 1.90. The molecular formula is C12H16N2O4S. The lowest BCUT2D eigenvalue weighted by molar-refractivity contribution is 0.381. The van der Waals surface area contributed by atoms with Gasteiger partial charge in [0.05, 0.1) is 6.17 Å². The summed E-state index contributed by atoms with van der Waals surface area (Å²) in [6.07, 6.45) is -0.0270. The molecule has 0 aliphatic carbocycles. The molecule has 0 aromatic heterocycles. The van der Waals surface area contributed by atoms with Gasteiger partial charge in [-0.1, -0.05) is 36.4 Å². The normalized spacial score (nSPS) is 12.4. The number of rotatable bonds is 2. The number of hydrogen-bond acceptors (Lipinski definition) is 4. The Balaban J connectivity index is 0.000000312. The van der Waals surface area contributed by atoms with Crippen LogP contribution in [-0.2, 0) is 10.4 Å². The first-order valence-corrected chi connectivity index (χ1v) is 6.87. The molecule has 1 unspecified atom stereocenters. The molecule has 2 aromatic carbocycles. The number of benzene rings is 2. The van der Waals surface area contributed by atoms with Gasteiger partial charge in [0.2, 0.25) is 0 Å². The first-order valence-electron chi connectivity index (χ1n) is 5.47. The first-order chi connectivity index (χ1) is 8.77. The summed E-state index contributed by atoms with van der Waals surface area (Å²) in [5.41, 5.74) is 6.80. The average Bonchev–Trinajstić information content (AvgIpc) is 2.26. The fourth-order valence-corrected chi connectivity index (χ4v) is 1.60. The zero-order valence-electron chi connectivity index (χ0n) is 10.3. The molecule has 0 spiro atoms. The lowest BCUT2D eigenvalue weighted by atomic mass is 10.1. The van der Waals surface area contributed by atoms with Crippen molar-refractivity contribution in [3.63, 3.8) is 0 Å². The highest BCUT2D eigenvalue weighted by molar-refractivity contribution is 7.79. The van der Waals surface area contributed by atoms with Gasteiger partial charge in [-0.3, -0.25) is 9.11 Å². The molecule has 0 fully saturated rings. The lowest BCUT2D eigenvalue weighted by Crippen LogP contribution is -2.25. The van der Waals surface area contributed by atoms with Crippen LogP contribution < -0.4 is 11.1 Å². The maximum absolute atomic E-state index is 8.74. The van der Waals surface area contributed by atoms with Gasteiger partial charge >= 0.3 is 10.4 Å². The fourth-order valence-electron chi connectivity index (χ4n) is 1.60. The first kappa shape index (κ1) is 15.4. The van der Waals surface area contributed by atoms with Crippen molar-refractivity contribution in [3.8, 4) is 0 Å². The summed E-state index contributed by atoms with van der Waals surface area (Å²) in [5, 5.41) is 5.68. The Labute approximate surface area is 111 Å². The molecule has 0 amide bonds. The van der Waals surface area contributed by atoms with Crippen LogP contribution in [0, 0.1) is 0 Å².